The Hall–Kier alpha value is -3.38. The van der Waals surface area contributed by atoms with E-state index in [1.807, 2.05) is 42.5 Å². The molecule has 0 saturated heterocycles. The Labute approximate surface area is 182 Å². The average molecular weight is 465 g/mol. The zero-order valence-electron chi connectivity index (χ0n) is 16.1. The number of rotatable bonds is 5. The van der Waals surface area contributed by atoms with Crippen LogP contribution in [-0.2, 0) is 11.2 Å². The molecule has 30 heavy (non-hydrogen) atoms. The third-order valence-electron chi connectivity index (χ3n) is 4.54. The van der Waals surface area contributed by atoms with Crippen LogP contribution in [0, 0.1) is 0 Å². The summed E-state index contributed by atoms with van der Waals surface area (Å²) in [4.78, 5) is 24.9. The Morgan fingerprint density at radius 3 is 2.63 bits per heavy atom. The Morgan fingerprint density at radius 1 is 1.07 bits per heavy atom. The van der Waals surface area contributed by atoms with Gasteiger partial charge in [0.25, 0.3) is 0 Å². The molecule has 5 nitrogen and oxygen atoms in total. The van der Waals surface area contributed by atoms with Crippen LogP contribution in [0.15, 0.2) is 77.0 Å². The van der Waals surface area contributed by atoms with E-state index in [2.05, 4.69) is 15.9 Å². The molecule has 4 rings (SSSR count). The van der Waals surface area contributed by atoms with Crippen molar-refractivity contribution >= 4 is 33.8 Å². The van der Waals surface area contributed by atoms with Crippen molar-refractivity contribution in [2.75, 3.05) is 7.11 Å². The first-order chi connectivity index (χ1) is 14.5. The molecular weight excluding hydrogens is 448 g/mol. The number of allylic oxidation sites excluding steroid dienone is 1. The van der Waals surface area contributed by atoms with Crippen LogP contribution in [0.25, 0.3) is 6.08 Å². The predicted octanol–water partition coefficient (Wildman–Crippen LogP) is 5.22. The second-order valence-electron chi connectivity index (χ2n) is 6.62. The van der Waals surface area contributed by atoms with E-state index in [-0.39, 0.29) is 23.9 Å². The van der Waals surface area contributed by atoms with Gasteiger partial charge in [0, 0.05) is 16.1 Å². The summed E-state index contributed by atoms with van der Waals surface area (Å²) in [6.45, 7) is 0. The number of hydrogen-bond donors (Lipinski definition) is 0. The van der Waals surface area contributed by atoms with Crippen LogP contribution in [0.5, 0.6) is 17.2 Å². The fourth-order valence-electron chi connectivity index (χ4n) is 3.12. The average Bonchev–Trinajstić information content (AvgIpc) is 3.03. The lowest BCUT2D eigenvalue weighted by Gasteiger charge is -2.06. The lowest BCUT2D eigenvalue weighted by Crippen LogP contribution is -2.11. The number of ketones is 1. The van der Waals surface area contributed by atoms with Gasteiger partial charge in [-0.1, -0.05) is 46.3 Å². The van der Waals surface area contributed by atoms with Crippen molar-refractivity contribution in [1.82, 2.24) is 0 Å². The number of ether oxygens (including phenoxy) is 3. The topological polar surface area (TPSA) is 61.8 Å². The molecule has 0 radical (unpaired) electrons. The van der Waals surface area contributed by atoms with Gasteiger partial charge in [0.15, 0.2) is 5.76 Å². The fourth-order valence-corrected chi connectivity index (χ4v) is 3.50. The molecule has 0 N–H and O–H groups in total. The molecule has 1 aliphatic rings. The van der Waals surface area contributed by atoms with Crippen molar-refractivity contribution < 1.29 is 23.8 Å². The van der Waals surface area contributed by atoms with Crippen molar-refractivity contribution in [3.05, 3.63) is 93.7 Å². The molecule has 150 valence electrons. The summed E-state index contributed by atoms with van der Waals surface area (Å²) < 4.78 is 17.4. The molecule has 0 atom stereocenters. The molecule has 0 aliphatic carbocycles. The van der Waals surface area contributed by atoms with Crippen LogP contribution in [0.3, 0.4) is 0 Å². The van der Waals surface area contributed by atoms with Crippen LogP contribution in [-0.4, -0.2) is 18.9 Å². The summed E-state index contributed by atoms with van der Waals surface area (Å²) in [5.41, 5.74) is 1.99. The Balaban J connectivity index is 1.53. The van der Waals surface area contributed by atoms with Gasteiger partial charge >= 0.3 is 5.97 Å². The monoisotopic (exact) mass is 464 g/mol. The van der Waals surface area contributed by atoms with Crippen LogP contribution in [0.2, 0.25) is 0 Å². The standard InChI is InChI=1S/C24H17BrO5/c1-28-20-10-7-17(25)12-16(20)13-22-24(27)19-9-8-18(14-21(19)30-22)29-23(26)11-15-5-3-2-4-6-15/h2-10,12-14H,11H2,1H3/b22-13-. The number of esters is 1. The minimum atomic E-state index is -0.389. The van der Waals surface area contributed by atoms with E-state index in [0.717, 1.165) is 10.0 Å². The van der Waals surface area contributed by atoms with E-state index in [0.29, 0.717) is 28.4 Å². The number of fused-ring (bicyclic) bond motifs is 1. The van der Waals surface area contributed by atoms with Gasteiger partial charge in [-0.15, -0.1) is 0 Å². The summed E-state index contributed by atoms with van der Waals surface area (Å²) in [5.74, 6) is 0.839. The highest BCUT2D eigenvalue weighted by Gasteiger charge is 2.28. The predicted molar refractivity (Wildman–Crippen MR) is 116 cm³/mol. The highest BCUT2D eigenvalue weighted by atomic mass is 79.9. The molecule has 0 fully saturated rings. The van der Waals surface area contributed by atoms with Gasteiger partial charge in [0.2, 0.25) is 5.78 Å². The second kappa shape index (κ2) is 8.55. The molecule has 1 aliphatic heterocycles. The molecular formula is C24H17BrO5. The molecule has 0 bridgehead atoms. The van der Waals surface area contributed by atoms with E-state index in [1.54, 1.807) is 37.5 Å². The van der Waals surface area contributed by atoms with Gasteiger partial charge in [-0.2, -0.15) is 0 Å². The second-order valence-corrected chi connectivity index (χ2v) is 7.54. The van der Waals surface area contributed by atoms with Crippen molar-refractivity contribution in [1.29, 1.82) is 0 Å². The van der Waals surface area contributed by atoms with E-state index in [1.165, 1.54) is 0 Å². The van der Waals surface area contributed by atoms with Crippen LogP contribution < -0.4 is 14.2 Å². The number of halogens is 1. The maximum absolute atomic E-state index is 12.7. The molecule has 0 amide bonds. The third kappa shape index (κ3) is 4.28. The van der Waals surface area contributed by atoms with Gasteiger partial charge in [0.05, 0.1) is 19.1 Å². The summed E-state index contributed by atoms with van der Waals surface area (Å²) >= 11 is 3.42. The Kier molecular flexibility index (Phi) is 5.68. The fraction of sp³-hybridized carbons (Fsp3) is 0.0833. The third-order valence-corrected chi connectivity index (χ3v) is 5.04. The first-order valence-electron chi connectivity index (χ1n) is 9.20. The first-order valence-corrected chi connectivity index (χ1v) is 9.99. The first kappa shape index (κ1) is 19.9. The minimum absolute atomic E-state index is 0.158. The number of carbonyl (C=O) groups is 2. The van der Waals surface area contributed by atoms with E-state index in [9.17, 15) is 9.59 Å². The van der Waals surface area contributed by atoms with Gasteiger partial charge in [-0.25, -0.2) is 0 Å². The molecule has 3 aromatic carbocycles. The zero-order valence-corrected chi connectivity index (χ0v) is 17.6. The maximum atomic E-state index is 12.7. The van der Waals surface area contributed by atoms with Gasteiger partial charge in [0.1, 0.15) is 17.2 Å². The van der Waals surface area contributed by atoms with Crippen molar-refractivity contribution in [2.45, 2.75) is 6.42 Å². The van der Waals surface area contributed by atoms with Gasteiger partial charge in [-0.05, 0) is 42.0 Å². The van der Waals surface area contributed by atoms with Crippen LogP contribution in [0.4, 0.5) is 0 Å². The highest BCUT2D eigenvalue weighted by molar-refractivity contribution is 9.10. The molecule has 0 saturated carbocycles. The number of hydrogen-bond acceptors (Lipinski definition) is 5. The molecule has 3 aromatic rings. The molecule has 6 heteroatoms. The lowest BCUT2D eigenvalue weighted by atomic mass is 10.1. The van der Waals surface area contributed by atoms with E-state index < -0.39 is 0 Å². The highest BCUT2D eigenvalue weighted by Crippen LogP contribution is 2.36. The summed E-state index contributed by atoms with van der Waals surface area (Å²) in [6.07, 6.45) is 1.79. The van der Waals surface area contributed by atoms with E-state index in [4.69, 9.17) is 14.2 Å². The number of methoxy groups -OCH3 is 1. The van der Waals surface area contributed by atoms with Gasteiger partial charge < -0.3 is 14.2 Å². The van der Waals surface area contributed by atoms with E-state index >= 15 is 0 Å². The van der Waals surface area contributed by atoms with Crippen molar-refractivity contribution in [2.24, 2.45) is 0 Å². The van der Waals surface area contributed by atoms with Crippen molar-refractivity contribution in [3.8, 4) is 17.2 Å². The largest absolute Gasteiger partial charge is 0.496 e. The summed E-state index contributed by atoms with van der Waals surface area (Å²) in [6, 6.07) is 19.6. The Morgan fingerprint density at radius 2 is 1.87 bits per heavy atom. The molecule has 0 spiro atoms. The normalized spacial score (nSPS) is 13.7. The van der Waals surface area contributed by atoms with Crippen LogP contribution >= 0.6 is 15.9 Å². The number of benzene rings is 3. The minimum Gasteiger partial charge on any atom is -0.496 e. The summed E-state index contributed by atoms with van der Waals surface area (Å²) in [7, 11) is 1.56. The lowest BCUT2D eigenvalue weighted by molar-refractivity contribution is -0.133. The summed E-state index contributed by atoms with van der Waals surface area (Å²) in [5, 5.41) is 0. The molecule has 0 aromatic heterocycles. The zero-order chi connectivity index (χ0) is 21.1. The smallest absolute Gasteiger partial charge is 0.315 e. The van der Waals surface area contributed by atoms with Crippen LogP contribution in [0.1, 0.15) is 21.5 Å². The Bertz CT molecular complexity index is 1150. The van der Waals surface area contributed by atoms with Gasteiger partial charge in [-0.3, -0.25) is 9.59 Å². The van der Waals surface area contributed by atoms with Crippen molar-refractivity contribution in [3.63, 3.8) is 0 Å². The molecule has 0 unspecified atom stereocenters. The number of carbonyl (C=O) groups excluding carboxylic acids is 2. The quantitative estimate of drug-likeness (QED) is 0.294. The SMILES string of the molecule is COc1ccc(Br)cc1/C=C1\Oc2cc(OC(=O)Cc3ccccc3)ccc2C1=O. The number of Topliss-reactive ketones (excluding diaryl/α,β-unsaturated/α-hetero) is 1. The maximum Gasteiger partial charge on any atom is 0.315 e. The molecule has 1 heterocycles.